The summed E-state index contributed by atoms with van der Waals surface area (Å²) in [5, 5.41) is 0. The summed E-state index contributed by atoms with van der Waals surface area (Å²) in [4.78, 5) is 23.8. The van der Waals surface area contributed by atoms with E-state index in [0.29, 0.717) is 0 Å². The molecule has 0 bridgehead atoms. The van der Waals surface area contributed by atoms with Crippen LogP contribution >= 0.6 is 0 Å². The van der Waals surface area contributed by atoms with Crippen molar-refractivity contribution in [1.29, 1.82) is 0 Å². The zero-order valence-corrected chi connectivity index (χ0v) is 13.1. The van der Waals surface area contributed by atoms with E-state index in [1.807, 2.05) is 13.8 Å². The number of anilines is 1. The predicted octanol–water partition coefficient (Wildman–Crippen LogP) is 0.754. The minimum Gasteiger partial charge on any atom is -0.354 e. The smallest absolute Gasteiger partial charge is 0.252 e. The van der Waals surface area contributed by atoms with Crippen molar-refractivity contribution in [3.63, 3.8) is 0 Å². The lowest BCUT2D eigenvalue weighted by molar-refractivity contribution is 0.253. The Morgan fingerprint density at radius 3 is 2.62 bits per heavy atom. The van der Waals surface area contributed by atoms with Crippen LogP contribution in [0, 0.1) is 0 Å². The largest absolute Gasteiger partial charge is 0.354 e. The number of unbranched alkanes of at least 4 members (excludes halogenated alkanes) is 1. The van der Waals surface area contributed by atoms with E-state index in [2.05, 4.69) is 19.8 Å². The van der Waals surface area contributed by atoms with E-state index in [1.54, 1.807) is 6.07 Å². The van der Waals surface area contributed by atoms with Gasteiger partial charge in [-0.05, 0) is 25.9 Å². The van der Waals surface area contributed by atoms with Gasteiger partial charge in [0.25, 0.3) is 5.56 Å². The molecule has 0 amide bonds. The van der Waals surface area contributed by atoms with Crippen molar-refractivity contribution in [2.75, 3.05) is 44.2 Å². The summed E-state index contributed by atoms with van der Waals surface area (Å²) in [6.45, 7) is 9.87. The molecule has 0 radical (unpaired) electrons. The van der Waals surface area contributed by atoms with Gasteiger partial charge < -0.3 is 15.6 Å². The van der Waals surface area contributed by atoms with E-state index in [9.17, 15) is 4.79 Å². The van der Waals surface area contributed by atoms with Crippen LogP contribution in [-0.4, -0.2) is 54.1 Å². The first-order chi connectivity index (χ1) is 10.1. The molecular weight excluding hydrogens is 266 g/mol. The highest BCUT2D eigenvalue weighted by atomic mass is 16.1. The molecule has 2 heterocycles. The number of rotatable bonds is 6. The van der Waals surface area contributed by atoms with E-state index < -0.39 is 0 Å². The van der Waals surface area contributed by atoms with Crippen LogP contribution in [0.15, 0.2) is 10.9 Å². The van der Waals surface area contributed by atoms with Gasteiger partial charge in [-0.3, -0.25) is 9.69 Å². The molecule has 0 atom stereocenters. The van der Waals surface area contributed by atoms with E-state index in [1.165, 1.54) is 0 Å². The monoisotopic (exact) mass is 293 g/mol. The molecule has 1 aliphatic heterocycles. The van der Waals surface area contributed by atoms with Gasteiger partial charge in [-0.1, -0.05) is 13.8 Å². The predicted molar refractivity (Wildman–Crippen MR) is 85.9 cm³/mol. The molecule has 1 aromatic heterocycles. The van der Waals surface area contributed by atoms with Crippen LogP contribution in [0.3, 0.4) is 0 Å². The van der Waals surface area contributed by atoms with E-state index in [0.717, 1.165) is 63.8 Å². The number of nitrogens with two attached hydrogens (primary N) is 1. The topological polar surface area (TPSA) is 78.2 Å². The van der Waals surface area contributed by atoms with Gasteiger partial charge in [-0.15, -0.1) is 0 Å². The number of hydrogen-bond donors (Lipinski definition) is 2. The molecule has 2 rings (SSSR count). The highest BCUT2D eigenvalue weighted by Crippen LogP contribution is 2.15. The maximum Gasteiger partial charge on any atom is 0.252 e. The quantitative estimate of drug-likeness (QED) is 0.757. The molecule has 0 aromatic carbocycles. The standard InChI is InChI=1S/C15H27N5O/c1-12(2)15-17-13(11-14(21)18-15)20-9-7-19(8-10-20)6-4-3-5-16/h11-12H,3-10,16H2,1-2H3,(H,17,18,21). The minimum absolute atomic E-state index is 0.0610. The van der Waals surface area contributed by atoms with Crippen molar-refractivity contribution in [3.05, 3.63) is 22.2 Å². The fourth-order valence-electron chi connectivity index (χ4n) is 2.58. The van der Waals surface area contributed by atoms with Crippen LogP contribution in [-0.2, 0) is 0 Å². The minimum atomic E-state index is -0.0610. The molecule has 118 valence electrons. The SMILES string of the molecule is CC(C)c1nc(N2CCN(CCCCN)CC2)cc(=O)[nH]1. The molecule has 0 unspecified atom stereocenters. The molecule has 1 aromatic rings. The average Bonchev–Trinajstić information content (AvgIpc) is 2.47. The first-order valence-corrected chi connectivity index (χ1v) is 7.89. The maximum absolute atomic E-state index is 11.8. The van der Waals surface area contributed by atoms with Crippen molar-refractivity contribution in [2.24, 2.45) is 5.73 Å². The van der Waals surface area contributed by atoms with Gasteiger partial charge in [0.1, 0.15) is 11.6 Å². The van der Waals surface area contributed by atoms with E-state index in [-0.39, 0.29) is 11.5 Å². The molecule has 0 saturated carbocycles. The molecule has 1 saturated heterocycles. The second-order valence-corrected chi connectivity index (χ2v) is 5.97. The zero-order valence-electron chi connectivity index (χ0n) is 13.1. The van der Waals surface area contributed by atoms with Gasteiger partial charge in [-0.2, -0.15) is 0 Å². The van der Waals surface area contributed by atoms with Crippen molar-refractivity contribution in [1.82, 2.24) is 14.9 Å². The summed E-state index contributed by atoms with van der Waals surface area (Å²) in [6.07, 6.45) is 2.25. The number of nitrogens with zero attached hydrogens (tertiary/aromatic N) is 3. The lowest BCUT2D eigenvalue weighted by atomic mass is 10.2. The average molecular weight is 293 g/mol. The summed E-state index contributed by atoms with van der Waals surface area (Å²) in [5.41, 5.74) is 5.47. The molecule has 0 spiro atoms. The van der Waals surface area contributed by atoms with Crippen molar-refractivity contribution in [3.8, 4) is 0 Å². The number of aromatic nitrogens is 2. The maximum atomic E-state index is 11.8. The van der Waals surface area contributed by atoms with Gasteiger partial charge in [0.15, 0.2) is 0 Å². The van der Waals surface area contributed by atoms with Crippen LogP contribution in [0.5, 0.6) is 0 Å². The lowest BCUT2D eigenvalue weighted by Crippen LogP contribution is -2.47. The zero-order chi connectivity index (χ0) is 15.2. The number of nitrogens with one attached hydrogen (secondary N) is 1. The van der Waals surface area contributed by atoms with Gasteiger partial charge in [0.2, 0.25) is 0 Å². The number of H-pyrrole nitrogens is 1. The third-order valence-electron chi connectivity index (χ3n) is 3.92. The molecule has 3 N–H and O–H groups in total. The Balaban J connectivity index is 1.94. The van der Waals surface area contributed by atoms with Crippen LogP contribution in [0.4, 0.5) is 5.82 Å². The summed E-state index contributed by atoms with van der Waals surface area (Å²) in [5.74, 6) is 1.81. The second-order valence-electron chi connectivity index (χ2n) is 5.97. The lowest BCUT2D eigenvalue weighted by Gasteiger charge is -2.35. The Labute approximate surface area is 126 Å². The van der Waals surface area contributed by atoms with Gasteiger partial charge in [0.05, 0.1) is 0 Å². The fraction of sp³-hybridized carbons (Fsp3) is 0.733. The molecule has 6 nitrogen and oxygen atoms in total. The number of aromatic amines is 1. The Kier molecular flexibility index (Phi) is 5.76. The summed E-state index contributed by atoms with van der Waals surface area (Å²) in [6, 6.07) is 1.61. The van der Waals surface area contributed by atoms with Crippen molar-refractivity contribution >= 4 is 5.82 Å². The molecule has 1 fully saturated rings. The summed E-state index contributed by atoms with van der Waals surface area (Å²) < 4.78 is 0. The van der Waals surface area contributed by atoms with E-state index >= 15 is 0 Å². The Hall–Kier alpha value is -1.40. The third-order valence-corrected chi connectivity index (χ3v) is 3.92. The highest BCUT2D eigenvalue weighted by molar-refractivity contribution is 5.38. The highest BCUT2D eigenvalue weighted by Gasteiger charge is 2.18. The summed E-state index contributed by atoms with van der Waals surface area (Å²) in [7, 11) is 0. The van der Waals surface area contributed by atoms with Crippen LogP contribution in [0.25, 0.3) is 0 Å². The molecule has 6 heteroatoms. The number of hydrogen-bond acceptors (Lipinski definition) is 5. The van der Waals surface area contributed by atoms with Gasteiger partial charge in [-0.25, -0.2) is 4.98 Å². The van der Waals surface area contributed by atoms with Gasteiger partial charge >= 0.3 is 0 Å². The fourth-order valence-corrected chi connectivity index (χ4v) is 2.58. The molecule has 1 aliphatic rings. The Morgan fingerprint density at radius 1 is 1.29 bits per heavy atom. The van der Waals surface area contributed by atoms with E-state index in [4.69, 9.17) is 5.73 Å². The first kappa shape index (κ1) is 16.0. The first-order valence-electron chi connectivity index (χ1n) is 7.89. The van der Waals surface area contributed by atoms with Crippen LogP contribution in [0.1, 0.15) is 38.4 Å². The normalized spacial score (nSPS) is 16.7. The van der Waals surface area contributed by atoms with Crippen molar-refractivity contribution < 1.29 is 0 Å². The van der Waals surface area contributed by atoms with Crippen molar-refractivity contribution in [2.45, 2.75) is 32.6 Å². The Bertz CT molecular complexity index is 491. The number of piperazine rings is 1. The Morgan fingerprint density at radius 2 is 2.00 bits per heavy atom. The van der Waals surface area contributed by atoms with Gasteiger partial charge in [0, 0.05) is 38.2 Å². The summed E-state index contributed by atoms with van der Waals surface area (Å²) >= 11 is 0. The van der Waals surface area contributed by atoms with Crippen LogP contribution in [0.2, 0.25) is 0 Å². The van der Waals surface area contributed by atoms with Crippen LogP contribution < -0.4 is 16.2 Å². The third kappa shape index (κ3) is 4.54. The molecule has 21 heavy (non-hydrogen) atoms. The molecule has 0 aliphatic carbocycles. The molecular formula is C15H27N5O. The second kappa shape index (κ2) is 7.56.